The Labute approximate surface area is 168 Å². The average molecular weight is 404 g/mol. The molecule has 0 amide bonds. The van der Waals surface area contributed by atoms with Gasteiger partial charge in [-0.15, -0.1) is 0 Å². The molecule has 0 bridgehead atoms. The van der Waals surface area contributed by atoms with E-state index in [0.717, 1.165) is 42.6 Å². The van der Waals surface area contributed by atoms with E-state index >= 15 is 0 Å². The maximum Gasteiger partial charge on any atom is 0.307 e. The molecule has 1 aliphatic heterocycles. The van der Waals surface area contributed by atoms with Crippen LogP contribution in [0.15, 0.2) is 47.6 Å². The predicted octanol–water partition coefficient (Wildman–Crippen LogP) is 3.87. The van der Waals surface area contributed by atoms with Crippen LogP contribution in [-0.4, -0.2) is 48.4 Å². The number of rotatable bonds is 7. The van der Waals surface area contributed by atoms with E-state index in [4.69, 9.17) is 16.7 Å². The van der Waals surface area contributed by atoms with E-state index < -0.39 is 5.97 Å². The van der Waals surface area contributed by atoms with Crippen LogP contribution < -0.4 is 5.43 Å². The third-order valence-corrected chi connectivity index (χ3v) is 5.18. The summed E-state index contributed by atoms with van der Waals surface area (Å²) in [5.41, 5.74) is 5.50. The summed E-state index contributed by atoms with van der Waals surface area (Å²) in [6, 6.07) is 12.0. The Morgan fingerprint density at radius 3 is 2.93 bits per heavy atom. The zero-order valence-electron chi connectivity index (χ0n) is 15.4. The van der Waals surface area contributed by atoms with Gasteiger partial charge >= 0.3 is 5.97 Å². The summed E-state index contributed by atoms with van der Waals surface area (Å²) in [4.78, 5) is 13.3. The Hall–Kier alpha value is -2.44. The standard InChI is InChI=1S/C21H23ClFN3O2/c22-20-12-17(23)7-8-19(20)18-6-2-1-4-15(18)13-25-24-9-11-26-10-3-5-16(14-26)21(27)28/h1-2,4,6-8,12-13,16,24H,3,5,9-11,14H2,(H,27,28)/b25-13+. The first-order chi connectivity index (χ1) is 13.5. The maximum absolute atomic E-state index is 13.3. The number of carboxylic acids is 1. The Bertz CT molecular complexity index is 859. The molecule has 0 aliphatic carbocycles. The van der Waals surface area contributed by atoms with Crippen LogP contribution in [0.4, 0.5) is 4.39 Å². The normalized spacial score (nSPS) is 17.7. The molecular formula is C21H23ClFN3O2. The number of aliphatic carboxylic acids is 1. The van der Waals surface area contributed by atoms with Gasteiger partial charge in [-0.1, -0.05) is 35.9 Å². The fraction of sp³-hybridized carbons (Fsp3) is 0.333. The molecule has 1 heterocycles. The lowest BCUT2D eigenvalue weighted by molar-refractivity contribution is -0.143. The molecule has 0 spiro atoms. The molecule has 1 aliphatic rings. The van der Waals surface area contributed by atoms with Crippen molar-refractivity contribution in [1.82, 2.24) is 10.3 Å². The van der Waals surface area contributed by atoms with Gasteiger partial charge in [-0.25, -0.2) is 4.39 Å². The number of carbonyl (C=O) groups is 1. The quantitative estimate of drug-likeness (QED) is 0.418. The number of hydrogen-bond acceptors (Lipinski definition) is 4. The van der Waals surface area contributed by atoms with Crippen molar-refractivity contribution in [2.75, 3.05) is 26.2 Å². The van der Waals surface area contributed by atoms with Crippen molar-refractivity contribution in [3.63, 3.8) is 0 Å². The second-order valence-electron chi connectivity index (χ2n) is 6.86. The van der Waals surface area contributed by atoms with Gasteiger partial charge in [0.15, 0.2) is 0 Å². The number of benzene rings is 2. The van der Waals surface area contributed by atoms with Crippen molar-refractivity contribution in [2.45, 2.75) is 12.8 Å². The zero-order valence-corrected chi connectivity index (χ0v) is 16.2. The molecule has 148 valence electrons. The number of hydrogen-bond donors (Lipinski definition) is 2. The SMILES string of the molecule is O=C(O)C1CCCN(CCN/N=C/c2ccccc2-c2ccc(F)cc2Cl)C1. The lowest BCUT2D eigenvalue weighted by Gasteiger charge is -2.30. The van der Waals surface area contributed by atoms with Gasteiger partial charge in [-0.3, -0.25) is 4.79 Å². The van der Waals surface area contributed by atoms with Crippen molar-refractivity contribution >= 4 is 23.8 Å². The second-order valence-corrected chi connectivity index (χ2v) is 7.26. The summed E-state index contributed by atoms with van der Waals surface area (Å²) in [5.74, 6) is -1.36. The highest BCUT2D eigenvalue weighted by molar-refractivity contribution is 6.33. The van der Waals surface area contributed by atoms with Crippen LogP contribution in [0, 0.1) is 11.7 Å². The van der Waals surface area contributed by atoms with E-state index in [9.17, 15) is 9.18 Å². The van der Waals surface area contributed by atoms with Gasteiger partial charge in [-0.2, -0.15) is 5.10 Å². The number of hydrazone groups is 1. The first-order valence-corrected chi connectivity index (χ1v) is 9.68. The molecule has 2 aromatic rings. The van der Waals surface area contributed by atoms with Crippen LogP contribution in [-0.2, 0) is 4.79 Å². The Morgan fingerprint density at radius 1 is 1.32 bits per heavy atom. The molecule has 2 aromatic carbocycles. The Balaban J connectivity index is 1.57. The summed E-state index contributed by atoms with van der Waals surface area (Å²) in [7, 11) is 0. The largest absolute Gasteiger partial charge is 0.481 e. The third-order valence-electron chi connectivity index (χ3n) is 4.87. The van der Waals surface area contributed by atoms with Gasteiger partial charge in [0.2, 0.25) is 0 Å². The van der Waals surface area contributed by atoms with Gasteiger partial charge in [0.05, 0.1) is 17.2 Å². The number of nitrogens with one attached hydrogen (secondary N) is 1. The van der Waals surface area contributed by atoms with Crippen molar-refractivity contribution in [1.29, 1.82) is 0 Å². The van der Waals surface area contributed by atoms with Gasteiger partial charge in [0.25, 0.3) is 0 Å². The topological polar surface area (TPSA) is 64.9 Å². The number of likely N-dealkylation sites (tertiary alicyclic amines) is 1. The minimum absolute atomic E-state index is 0.274. The maximum atomic E-state index is 13.3. The lowest BCUT2D eigenvalue weighted by Crippen LogP contribution is -2.41. The Kier molecular flexibility index (Phi) is 7.01. The van der Waals surface area contributed by atoms with E-state index in [1.165, 1.54) is 12.1 Å². The van der Waals surface area contributed by atoms with Crippen molar-refractivity contribution in [3.05, 3.63) is 58.9 Å². The van der Waals surface area contributed by atoms with E-state index in [-0.39, 0.29) is 11.7 Å². The van der Waals surface area contributed by atoms with Crippen LogP contribution in [0.25, 0.3) is 11.1 Å². The highest BCUT2D eigenvalue weighted by atomic mass is 35.5. The van der Waals surface area contributed by atoms with Crippen LogP contribution in [0.2, 0.25) is 5.02 Å². The number of halogens is 2. The molecule has 0 aromatic heterocycles. The minimum atomic E-state index is -0.716. The highest BCUT2D eigenvalue weighted by Gasteiger charge is 2.24. The van der Waals surface area contributed by atoms with E-state index in [1.807, 2.05) is 24.3 Å². The van der Waals surface area contributed by atoms with Gasteiger partial charge in [0.1, 0.15) is 5.82 Å². The van der Waals surface area contributed by atoms with Crippen molar-refractivity contribution in [3.8, 4) is 11.1 Å². The lowest BCUT2D eigenvalue weighted by atomic mass is 9.98. The monoisotopic (exact) mass is 403 g/mol. The molecule has 3 rings (SSSR count). The van der Waals surface area contributed by atoms with Gasteiger partial charge in [-0.05, 0) is 43.1 Å². The summed E-state index contributed by atoms with van der Waals surface area (Å²) in [6.45, 7) is 2.88. The first-order valence-electron chi connectivity index (χ1n) is 9.30. The molecule has 1 saturated heterocycles. The number of piperidine rings is 1. The fourth-order valence-corrected chi connectivity index (χ4v) is 3.68. The fourth-order valence-electron chi connectivity index (χ4n) is 3.41. The average Bonchev–Trinajstić information content (AvgIpc) is 2.68. The van der Waals surface area contributed by atoms with E-state index in [2.05, 4.69) is 15.4 Å². The predicted molar refractivity (Wildman–Crippen MR) is 109 cm³/mol. The van der Waals surface area contributed by atoms with Gasteiger partial charge < -0.3 is 15.4 Å². The molecule has 0 saturated carbocycles. The van der Waals surface area contributed by atoms with Crippen molar-refractivity contribution < 1.29 is 14.3 Å². The van der Waals surface area contributed by atoms with E-state index in [0.29, 0.717) is 18.1 Å². The molecule has 1 atom stereocenters. The van der Waals surface area contributed by atoms with E-state index in [1.54, 1.807) is 12.3 Å². The van der Waals surface area contributed by atoms with Crippen molar-refractivity contribution in [2.24, 2.45) is 11.0 Å². The number of carboxylic acid groups (broad SMARTS) is 1. The minimum Gasteiger partial charge on any atom is -0.481 e. The van der Waals surface area contributed by atoms with Gasteiger partial charge in [0, 0.05) is 30.8 Å². The summed E-state index contributed by atoms with van der Waals surface area (Å²) >= 11 is 6.19. The van der Waals surface area contributed by atoms with Crippen LogP contribution in [0.5, 0.6) is 0 Å². The Morgan fingerprint density at radius 2 is 2.14 bits per heavy atom. The molecule has 1 fully saturated rings. The second kappa shape index (κ2) is 9.66. The summed E-state index contributed by atoms with van der Waals surface area (Å²) < 4.78 is 13.3. The first kappa shape index (κ1) is 20.3. The smallest absolute Gasteiger partial charge is 0.307 e. The number of nitrogens with zero attached hydrogens (tertiary/aromatic N) is 2. The van der Waals surface area contributed by atoms with Crippen LogP contribution in [0.3, 0.4) is 0 Å². The molecule has 28 heavy (non-hydrogen) atoms. The molecule has 7 heteroatoms. The molecule has 0 radical (unpaired) electrons. The molecule has 1 unspecified atom stereocenters. The molecular weight excluding hydrogens is 381 g/mol. The summed E-state index contributed by atoms with van der Waals surface area (Å²) in [6.07, 6.45) is 3.37. The van der Waals surface area contributed by atoms with Crippen LogP contribution in [0.1, 0.15) is 18.4 Å². The third kappa shape index (κ3) is 5.30. The highest BCUT2D eigenvalue weighted by Crippen LogP contribution is 2.30. The summed E-state index contributed by atoms with van der Waals surface area (Å²) in [5, 5.41) is 13.8. The molecule has 2 N–H and O–H groups in total. The van der Waals surface area contributed by atoms with Crippen LogP contribution >= 0.6 is 11.6 Å². The molecule has 5 nitrogen and oxygen atoms in total. The zero-order chi connectivity index (χ0) is 19.9.